The molecule has 0 spiro atoms. The lowest BCUT2D eigenvalue weighted by Crippen LogP contribution is -2.43. The number of rotatable bonds is 3. The lowest BCUT2D eigenvalue weighted by atomic mass is 9.83. The Morgan fingerprint density at radius 2 is 1.90 bits per heavy atom. The van der Waals surface area contributed by atoms with Crippen molar-refractivity contribution >= 4 is 5.69 Å². The van der Waals surface area contributed by atoms with E-state index < -0.39 is 11.6 Å². The Kier molecular flexibility index (Phi) is 4.56. The van der Waals surface area contributed by atoms with Crippen molar-refractivity contribution in [2.75, 3.05) is 18.5 Å². The third kappa shape index (κ3) is 2.75. The second-order valence-electron chi connectivity index (χ2n) is 5.36. The highest BCUT2D eigenvalue weighted by Crippen LogP contribution is 2.33. The molecule has 1 aromatic rings. The summed E-state index contributed by atoms with van der Waals surface area (Å²) < 4.78 is 28.1. The quantitative estimate of drug-likeness (QED) is 0.925. The average molecular weight is 279 g/mol. The molecule has 1 fully saturated rings. The molecular weight excluding hydrogens is 260 g/mol. The lowest BCUT2D eigenvalue weighted by molar-refractivity contribution is 0.303. The molecular formula is C15H19F2N3. The summed E-state index contributed by atoms with van der Waals surface area (Å²) in [5.41, 5.74) is 5.71. The lowest BCUT2D eigenvalue weighted by Gasteiger charge is -2.39. The number of hydrogen-bond acceptors (Lipinski definition) is 3. The number of anilines is 1. The Hall–Kier alpha value is -1.67. The largest absolute Gasteiger partial charge is 0.367 e. The molecule has 0 bridgehead atoms. The second-order valence-corrected chi connectivity index (χ2v) is 5.36. The zero-order valence-electron chi connectivity index (χ0n) is 11.6. The predicted octanol–water partition coefficient (Wildman–Crippen LogP) is 2.79. The molecule has 0 heterocycles. The van der Waals surface area contributed by atoms with Gasteiger partial charge in [0.05, 0.1) is 11.6 Å². The Morgan fingerprint density at radius 1 is 1.30 bits per heavy atom. The molecule has 20 heavy (non-hydrogen) atoms. The molecule has 108 valence electrons. The van der Waals surface area contributed by atoms with Crippen LogP contribution in [-0.2, 0) is 0 Å². The van der Waals surface area contributed by atoms with Gasteiger partial charge in [0, 0.05) is 13.1 Å². The zero-order valence-corrected chi connectivity index (χ0v) is 11.6. The summed E-state index contributed by atoms with van der Waals surface area (Å²) in [5, 5.41) is 8.73. The van der Waals surface area contributed by atoms with Gasteiger partial charge in [-0.2, -0.15) is 5.26 Å². The summed E-state index contributed by atoms with van der Waals surface area (Å²) in [5.74, 6) is -1.13. The fraction of sp³-hybridized carbons (Fsp3) is 0.533. The van der Waals surface area contributed by atoms with Gasteiger partial charge >= 0.3 is 0 Å². The first-order chi connectivity index (χ1) is 9.58. The van der Waals surface area contributed by atoms with E-state index in [-0.39, 0.29) is 23.2 Å². The van der Waals surface area contributed by atoms with Crippen LogP contribution in [0.4, 0.5) is 14.5 Å². The molecule has 0 aliphatic heterocycles. The number of benzene rings is 1. The third-order valence-electron chi connectivity index (χ3n) is 4.17. The van der Waals surface area contributed by atoms with Gasteiger partial charge in [0.1, 0.15) is 5.69 Å². The number of hydrogen-bond donors (Lipinski definition) is 1. The van der Waals surface area contributed by atoms with E-state index in [9.17, 15) is 8.78 Å². The molecule has 0 amide bonds. The van der Waals surface area contributed by atoms with E-state index in [1.54, 1.807) is 18.0 Å². The Bertz CT molecular complexity index is 501. The van der Waals surface area contributed by atoms with Crippen LogP contribution in [0.2, 0.25) is 0 Å². The standard InChI is InChI=1S/C15H19F2N3/c1-20(14-5-3-2-4-11(14)9-19)15-12(16)6-10(8-18)7-13(15)17/h6-7,11,14H,2-5,9,19H2,1H3. The maximum absolute atomic E-state index is 14.1. The van der Waals surface area contributed by atoms with E-state index in [2.05, 4.69) is 0 Å². The van der Waals surface area contributed by atoms with E-state index in [4.69, 9.17) is 11.0 Å². The first-order valence-corrected chi connectivity index (χ1v) is 6.90. The first kappa shape index (κ1) is 14.7. The number of nitrogens with zero attached hydrogens (tertiary/aromatic N) is 2. The molecule has 2 unspecified atom stereocenters. The minimum Gasteiger partial charge on any atom is -0.367 e. The van der Waals surface area contributed by atoms with Crippen LogP contribution in [0.1, 0.15) is 31.2 Å². The summed E-state index contributed by atoms with van der Waals surface area (Å²) in [6.07, 6.45) is 4.04. The summed E-state index contributed by atoms with van der Waals surface area (Å²) >= 11 is 0. The van der Waals surface area contributed by atoms with E-state index in [1.807, 2.05) is 0 Å². The van der Waals surface area contributed by atoms with E-state index in [1.165, 1.54) is 0 Å². The van der Waals surface area contributed by atoms with Crippen LogP contribution in [-0.4, -0.2) is 19.6 Å². The molecule has 2 N–H and O–H groups in total. The molecule has 3 nitrogen and oxygen atoms in total. The number of nitriles is 1. The van der Waals surface area contributed by atoms with Crippen LogP contribution in [0, 0.1) is 28.9 Å². The summed E-state index contributed by atoms with van der Waals surface area (Å²) in [4.78, 5) is 1.66. The van der Waals surface area contributed by atoms with Gasteiger partial charge in [-0.25, -0.2) is 8.78 Å². The van der Waals surface area contributed by atoms with Crippen molar-refractivity contribution in [3.05, 3.63) is 29.3 Å². The molecule has 2 rings (SSSR count). The van der Waals surface area contributed by atoms with Crippen molar-refractivity contribution in [2.45, 2.75) is 31.7 Å². The second kappa shape index (κ2) is 6.19. The van der Waals surface area contributed by atoms with Crippen molar-refractivity contribution in [3.8, 4) is 6.07 Å². The Balaban J connectivity index is 2.33. The summed E-state index contributed by atoms with van der Waals surface area (Å²) in [6, 6.07) is 3.96. The Labute approximate surface area is 118 Å². The van der Waals surface area contributed by atoms with Gasteiger partial charge < -0.3 is 10.6 Å². The van der Waals surface area contributed by atoms with Crippen LogP contribution in [0.5, 0.6) is 0 Å². The van der Waals surface area contributed by atoms with Crippen LogP contribution >= 0.6 is 0 Å². The molecule has 0 radical (unpaired) electrons. The summed E-state index contributed by atoms with van der Waals surface area (Å²) in [6.45, 7) is 0.522. The van der Waals surface area contributed by atoms with E-state index in [0.717, 1.165) is 37.8 Å². The highest BCUT2D eigenvalue weighted by atomic mass is 19.1. The minimum absolute atomic E-state index is 0.00355. The van der Waals surface area contributed by atoms with Gasteiger partial charge in [-0.1, -0.05) is 12.8 Å². The Morgan fingerprint density at radius 3 is 2.45 bits per heavy atom. The molecule has 2 atom stereocenters. The monoisotopic (exact) mass is 279 g/mol. The van der Waals surface area contributed by atoms with Crippen molar-refractivity contribution in [2.24, 2.45) is 11.7 Å². The number of halogens is 2. The van der Waals surface area contributed by atoms with Gasteiger partial charge in [0.25, 0.3) is 0 Å². The highest BCUT2D eigenvalue weighted by Gasteiger charge is 2.30. The van der Waals surface area contributed by atoms with Crippen LogP contribution in [0.15, 0.2) is 12.1 Å². The third-order valence-corrected chi connectivity index (χ3v) is 4.17. The molecule has 1 saturated carbocycles. The number of nitrogens with two attached hydrogens (primary N) is 1. The van der Waals surface area contributed by atoms with Crippen LogP contribution < -0.4 is 10.6 Å². The topological polar surface area (TPSA) is 53.0 Å². The minimum atomic E-state index is -0.689. The van der Waals surface area contributed by atoms with Gasteiger partial charge in [-0.15, -0.1) is 0 Å². The van der Waals surface area contributed by atoms with Crippen LogP contribution in [0.25, 0.3) is 0 Å². The van der Waals surface area contributed by atoms with Crippen molar-refractivity contribution in [1.29, 1.82) is 5.26 Å². The molecule has 1 aliphatic carbocycles. The molecule has 1 aliphatic rings. The highest BCUT2D eigenvalue weighted by molar-refractivity contribution is 5.53. The zero-order chi connectivity index (χ0) is 14.7. The molecule has 0 aromatic heterocycles. The normalized spacial score (nSPS) is 22.4. The average Bonchev–Trinajstić information content (AvgIpc) is 2.46. The van der Waals surface area contributed by atoms with Crippen molar-refractivity contribution < 1.29 is 8.78 Å². The van der Waals surface area contributed by atoms with Gasteiger partial charge in [0.15, 0.2) is 11.6 Å². The fourth-order valence-corrected chi connectivity index (χ4v) is 3.11. The molecule has 0 saturated heterocycles. The van der Waals surface area contributed by atoms with Crippen molar-refractivity contribution in [3.63, 3.8) is 0 Å². The van der Waals surface area contributed by atoms with Gasteiger partial charge in [-0.3, -0.25) is 0 Å². The van der Waals surface area contributed by atoms with Crippen LogP contribution in [0.3, 0.4) is 0 Å². The maximum atomic E-state index is 14.1. The first-order valence-electron chi connectivity index (χ1n) is 6.90. The van der Waals surface area contributed by atoms with Gasteiger partial charge in [-0.05, 0) is 37.4 Å². The van der Waals surface area contributed by atoms with E-state index >= 15 is 0 Å². The summed E-state index contributed by atoms with van der Waals surface area (Å²) in [7, 11) is 1.70. The molecule has 5 heteroatoms. The maximum Gasteiger partial charge on any atom is 0.150 e. The van der Waals surface area contributed by atoms with E-state index in [0.29, 0.717) is 6.54 Å². The fourth-order valence-electron chi connectivity index (χ4n) is 3.11. The van der Waals surface area contributed by atoms with Crippen molar-refractivity contribution in [1.82, 2.24) is 0 Å². The SMILES string of the molecule is CN(c1c(F)cc(C#N)cc1F)C1CCCCC1CN. The van der Waals surface area contributed by atoms with Gasteiger partial charge in [0.2, 0.25) is 0 Å². The molecule has 1 aromatic carbocycles. The smallest absolute Gasteiger partial charge is 0.150 e. The predicted molar refractivity (Wildman–Crippen MR) is 74.3 cm³/mol.